The summed E-state index contributed by atoms with van der Waals surface area (Å²) >= 11 is 0. The van der Waals surface area contributed by atoms with Gasteiger partial charge >= 0.3 is 0 Å². The van der Waals surface area contributed by atoms with E-state index >= 15 is 0 Å². The normalized spacial score (nSPS) is 18.2. The number of hydrogen-bond acceptors (Lipinski definition) is 0. The van der Waals surface area contributed by atoms with Crippen molar-refractivity contribution in [2.24, 2.45) is 0 Å². The fourth-order valence-corrected chi connectivity index (χ4v) is 9.40. The molecule has 0 unspecified atom stereocenters. The standard InChI is InChI=1S/C45H42/c1-3-11-31(12-4-1)33-19-21-37-29-39(25-23-35(37)27-33)45(43-17-9-7-15-41(43)42-16-8-10-18-44(42)45)40-26-24-36-28-34(20-22-38(36)30-40)32-13-5-2-6-14-32/h7-10,15-32H,1-6,11-14H2. The largest absolute Gasteiger partial charge is 0.0714 e. The Morgan fingerprint density at radius 2 is 0.778 bits per heavy atom. The highest BCUT2D eigenvalue weighted by molar-refractivity contribution is 5.92. The van der Waals surface area contributed by atoms with Crippen LogP contribution in [0.2, 0.25) is 0 Å². The first-order valence-corrected chi connectivity index (χ1v) is 17.6. The Labute approximate surface area is 268 Å². The zero-order chi connectivity index (χ0) is 29.8. The first kappa shape index (κ1) is 27.2. The van der Waals surface area contributed by atoms with Gasteiger partial charge in [0.05, 0.1) is 5.41 Å². The van der Waals surface area contributed by atoms with Gasteiger partial charge in [0.1, 0.15) is 0 Å². The van der Waals surface area contributed by atoms with Crippen molar-refractivity contribution in [1.29, 1.82) is 0 Å². The Bertz CT molecular complexity index is 1880. The van der Waals surface area contributed by atoms with Gasteiger partial charge in [-0.25, -0.2) is 0 Å². The highest BCUT2D eigenvalue weighted by atomic mass is 14.5. The van der Waals surface area contributed by atoms with E-state index in [1.54, 1.807) is 0 Å². The van der Waals surface area contributed by atoms with Crippen LogP contribution < -0.4 is 0 Å². The summed E-state index contributed by atoms with van der Waals surface area (Å²) in [6, 6.07) is 47.5. The minimum absolute atomic E-state index is 0.375. The Morgan fingerprint density at radius 1 is 0.378 bits per heavy atom. The van der Waals surface area contributed by atoms with Crippen LogP contribution in [-0.4, -0.2) is 0 Å². The van der Waals surface area contributed by atoms with E-state index in [0.717, 1.165) is 11.8 Å². The lowest BCUT2D eigenvalue weighted by molar-refractivity contribution is 0.444. The second-order valence-electron chi connectivity index (χ2n) is 14.2. The van der Waals surface area contributed by atoms with Crippen LogP contribution in [0.4, 0.5) is 0 Å². The van der Waals surface area contributed by atoms with Gasteiger partial charge in [0, 0.05) is 0 Å². The lowest BCUT2D eigenvalue weighted by Crippen LogP contribution is -2.28. The van der Waals surface area contributed by atoms with Crippen LogP contribution in [0.1, 0.15) is 109 Å². The molecule has 0 amide bonds. The number of benzene rings is 6. The molecule has 0 spiro atoms. The van der Waals surface area contributed by atoms with Crippen molar-refractivity contribution >= 4 is 21.5 Å². The molecule has 0 nitrogen and oxygen atoms in total. The molecular formula is C45H42. The molecule has 6 aromatic carbocycles. The molecule has 3 aliphatic rings. The van der Waals surface area contributed by atoms with Gasteiger partial charge in [0.2, 0.25) is 0 Å². The number of fused-ring (bicyclic) bond motifs is 5. The third kappa shape index (κ3) is 4.40. The molecular weight excluding hydrogens is 540 g/mol. The Balaban J connectivity index is 1.23. The molecule has 0 N–H and O–H groups in total. The predicted molar refractivity (Wildman–Crippen MR) is 190 cm³/mol. The van der Waals surface area contributed by atoms with Gasteiger partial charge in [-0.05, 0) is 116 Å². The molecule has 0 aromatic heterocycles. The molecule has 45 heavy (non-hydrogen) atoms. The SMILES string of the molecule is c1ccc2c(c1)-c1ccccc1C2(c1ccc2cc(C3CCCCC3)ccc2c1)c1ccc2cc(C3CCCCC3)ccc2c1. The monoisotopic (exact) mass is 582 g/mol. The summed E-state index contributed by atoms with van der Waals surface area (Å²) < 4.78 is 0. The molecule has 2 fully saturated rings. The molecule has 0 heteroatoms. The molecule has 222 valence electrons. The molecule has 0 atom stereocenters. The Kier molecular flexibility index (Phi) is 6.66. The van der Waals surface area contributed by atoms with Crippen LogP contribution in [0.15, 0.2) is 121 Å². The molecule has 2 saturated carbocycles. The van der Waals surface area contributed by atoms with E-state index in [2.05, 4.69) is 121 Å². The van der Waals surface area contributed by atoms with Crippen molar-refractivity contribution in [2.45, 2.75) is 81.5 Å². The second kappa shape index (κ2) is 11.0. The zero-order valence-corrected chi connectivity index (χ0v) is 26.3. The van der Waals surface area contributed by atoms with Gasteiger partial charge in [-0.1, -0.05) is 148 Å². The third-order valence-corrected chi connectivity index (χ3v) is 11.7. The van der Waals surface area contributed by atoms with Crippen LogP contribution in [0.25, 0.3) is 32.7 Å². The van der Waals surface area contributed by atoms with Crippen molar-refractivity contribution in [3.63, 3.8) is 0 Å². The van der Waals surface area contributed by atoms with E-state index in [0.29, 0.717) is 0 Å². The first-order valence-electron chi connectivity index (χ1n) is 17.6. The highest BCUT2D eigenvalue weighted by Crippen LogP contribution is 2.56. The summed E-state index contributed by atoms with van der Waals surface area (Å²) in [4.78, 5) is 0. The summed E-state index contributed by atoms with van der Waals surface area (Å²) in [6.45, 7) is 0. The van der Waals surface area contributed by atoms with Crippen LogP contribution in [-0.2, 0) is 5.41 Å². The Hall–Kier alpha value is -4.16. The zero-order valence-electron chi connectivity index (χ0n) is 26.3. The maximum Gasteiger partial charge on any atom is 0.0714 e. The van der Waals surface area contributed by atoms with Crippen molar-refractivity contribution in [3.8, 4) is 11.1 Å². The molecule has 0 saturated heterocycles. The minimum Gasteiger partial charge on any atom is -0.0619 e. The molecule has 9 rings (SSSR count). The van der Waals surface area contributed by atoms with Crippen molar-refractivity contribution in [2.75, 3.05) is 0 Å². The lowest BCUT2D eigenvalue weighted by Gasteiger charge is -2.34. The van der Waals surface area contributed by atoms with Gasteiger partial charge < -0.3 is 0 Å². The lowest BCUT2D eigenvalue weighted by atomic mass is 9.67. The summed E-state index contributed by atoms with van der Waals surface area (Å²) in [6.07, 6.45) is 13.6. The van der Waals surface area contributed by atoms with E-state index in [1.807, 2.05) is 0 Å². The van der Waals surface area contributed by atoms with Gasteiger partial charge in [-0.3, -0.25) is 0 Å². The van der Waals surface area contributed by atoms with E-state index in [-0.39, 0.29) is 5.41 Å². The fraction of sp³-hybridized carbons (Fsp3) is 0.289. The van der Waals surface area contributed by atoms with Crippen LogP contribution in [0.5, 0.6) is 0 Å². The van der Waals surface area contributed by atoms with Crippen LogP contribution in [0, 0.1) is 0 Å². The molecule has 6 aromatic rings. The summed E-state index contributed by atoms with van der Waals surface area (Å²) in [5, 5.41) is 5.41. The average Bonchev–Trinajstić information content (AvgIpc) is 3.42. The molecule has 0 radical (unpaired) electrons. The number of rotatable bonds is 4. The number of hydrogen-bond donors (Lipinski definition) is 0. The predicted octanol–water partition coefficient (Wildman–Crippen LogP) is 12.5. The first-order chi connectivity index (χ1) is 22.3. The Morgan fingerprint density at radius 3 is 1.24 bits per heavy atom. The molecule has 0 heterocycles. The fourth-order valence-electron chi connectivity index (χ4n) is 9.40. The quantitative estimate of drug-likeness (QED) is 0.194. The summed E-state index contributed by atoms with van der Waals surface area (Å²) in [5.74, 6) is 1.44. The second-order valence-corrected chi connectivity index (χ2v) is 14.2. The van der Waals surface area contributed by atoms with Crippen LogP contribution >= 0.6 is 0 Å². The highest BCUT2D eigenvalue weighted by Gasteiger charge is 2.46. The summed E-state index contributed by atoms with van der Waals surface area (Å²) in [7, 11) is 0. The maximum absolute atomic E-state index is 2.50. The summed E-state index contributed by atoms with van der Waals surface area (Å²) in [5.41, 5.74) is 10.9. The van der Waals surface area contributed by atoms with E-state index in [1.165, 1.54) is 130 Å². The van der Waals surface area contributed by atoms with Crippen molar-refractivity contribution in [1.82, 2.24) is 0 Å². The molecule has 0 aliphatic heterocycles. The van der Waals surface area contributed by atoms with Gasteiger partial charge in [0.15, 0.2) is 0 Å². The van der Waals surface area contributed by atoms with Crippen molar-refractivity contribution in [3.05, 3.63) is 155 Å². The third-order valence-electron chi connectivity index (χ3n) is 11.7. The van der Waals surface area contributed by atoms with Gasteiger partial charge in [0.25, 0.3) is 0 Å². The topological polar surface area (TPSA) is 0 Å². The molecule has 0 bridgehead atoms. The molecule has 3 aliphatic carbocycles. The maximum atomic E-state index is 2.50. The van der Waals surface area contributed by atoms with E-state index < -0.39 is 0 Å². The van der Waals surface area contributed by atoms with Gasteiger partial charge in [-0.15, -0.1) is 0 Å². The smallest absolute Gasteiger partial charge is 0.0619 e. The van der Waals surface area contributed by atoms with Crippen LogP contribution in [0.3, 0.4) is 0 Å². The van der Waals surface area contributed by atoms with E-state index in [4.69, 9.17) is 0 Å². The minimum atomic E-state index is -0.375. The van der Waals surface area contributed by atoms with E-state index in [9.17, 15) is 0 Å². The average molecular weight is 583 g/mol. The van der Waals surface area contributed by atoms with Crippen molar-refractivity contribution < 1.29 is 0 Å². The van der Waals surface area contributed by atoms with Gasteiger partial charge in [-0.2, -0.15) is 0 Å².